The largest absolute Gasteiger partial charge is 0.368 e. The average Bonchev–Trinajstić information content (AvgIpc) is 3.03. The first-order valence-corrected chi connectivity index (χ1v) is 7.51. The highest BCUT2D eigenvalue weighted by Gasteiger charge is 2.23. The van der Waals surface area contributed by atoms with E-state index >= 15 is 0 Å². The maximum atomic E-state index is 4.58. The van der Waals surface area contributed by atoms with Crippen molar-refractivity contribution in [2.75, 3.05) is 25.5 Å². The Morgan fingerprint density at radius 2 is 2.14 bits per heavy atom. The topological polar surface area (TPSA) is 58.3 Å². The quantitative estimate of drug-likeness (QED) is 0.796. The Balaban J connectivity index is 1.68. The van der Waals surface area contributed by atoms with Crippen LogP contribution < -0.4 is 5.32 Å². The first kappa shape index (κ1) is 13.2. The highest BCUT2D eigenvalue weighted by atomic mass is 15.4. The SMILES string of the molecule is CN1CCC1CNc1cc(-c2ccccc2)nc2ncnn12. The van der Waals surface area contributed by atoms with Crippen LogP contribution in [-0.4, -0.2) is 50.7 Å². The Kier molecular flexibility index (Phi) is 3.23. The number of likely N-dealkylation sites (tertiary alicyclic amines) is 1. The molecule has 1 unspecified atom stereocenters. The molecule has 6 nitrogen and oxygen atoms in total. The van der Waals surface area contributed by atoms with Gasteiger partial charge in [0.25, 0.3) is 5.78 Å². The first-order valence-electron chi connectivity index (χ1n) is 7.51. The molecule has 4 rings (SSSR count). The molecule has 1 aromatic carbocycles. The molecule has 1 saturated heterocycles. The van der Waals surface area contributed by atoms with Gasteiger partial charge in [-0.15, -0.1) is 0 Å². The van der Waals surface area contributed by atoms with Gasteiger partial charge in [-0.1, -0.05) is 30.3 Å². The van der Waals surface area contributed by atoms with E-state index in [4.69, 9.17) is 0 Å². The van der Waals surface area contributed by atoms with Crippen molar-refractivity contribution in [3.05, 3.63) is 42.7 Å². The van der Waals surface area contributed by atoms with Crippen LogP contribution in [0.3, 0.4) is 0 Å². The van der Waals surface area contributed by atoms with Crippen LogP contribution in [-0.2, 0) is 0 Å². The monoisotopic (exact) mass is 294 g/mol. The highest BCUT2D eigenvalue weighted by Crippen LogP contribution is 2.22. The summed E-state index contributed by atoms with van der Waals surface area (Å²) >= 11 is 0. The summed E-state index contributed by atoms with van der Waals surface area (Å²) in [5, 5.41) is 7.76. The van der Waals surface area contributed by atoms with Crippen molar-refractivity contribution in [3.63, 3.8) is 0 Å². The van der Waals surface area contributed by atoms with Crippen molar-refractivity contribution in [3.8, 4) is 11.3 Å². The van der Waals surface area contributed by atoms with Gasteiger partial charge in [-0.2, -0.15) is 14.6 Å². The van der Waals surface area contributed by atoms with Crippen LogP contribution in [0.25, 0.3) is 17.0 Å². The molecule has 3 aromatic rings. The van der Waals surface area contributed by atoms with Crippen LogP contribution in [0.4, 0.5) is 5.82 Å². The van der Waals surface area contributed by atoms with Crippen LogP contribution >= 0.6 is 0 Å². The molecule has 0 radical (unpaired) electrons. The van der Waals surface area contributed by atoms with Crippen LogP contribution in [0.5, 0.6) is 0 Å². The third-order valence-electron chi connectivity index (χ3n) is 4.28. The van der Waals surface area contributed by atoms with Crippen LogP contribution in [0, 0.1) is 0 Å². The van der Waals surface area contributed by atoms with E-state index in [-0.39, 0.29) is 0 Å². The van der Waals surface area contributed by atoms with E-state index in [2.05, 4.69) is 44.5 Å². The van der Waals surface area contributed by atoms with Gasteiger partial charge in [0.15, 0.2) is 0 Å². The standard InChI is InChI=1S/C16H18N6/c1-21-8-7-13(21)10-17-15-9-14(12-5-3-2-4-6-12)20-16-18-11-19-22(15)16/h2-6,9,11,13,17H,7-8,10H2,1H3. The van der Waals surface area contributed by atoms with Crippen molar-refractivity contribution in [2.45, 2.75) is 12.5 Å². The molecule has 0 aliphatic carbocycles. The predicted octanol–water partition coefficient (Wildman–Crippen LogP) is 1.91. The molecule has 2 aromatic heterocycles. The molecule has 0 bridgehead atoms. The molecule has 0 spiro atoms. The maximum Gasteiger partial charge on any atom is 0.254 e. The number of likely N-dealkylation sites (N-methyl/N-ethyl adjacent to an activating group) is 1. The van der Waals surface area contributed by atoms with E-state index in [1.165, 1.54) is 19.3 Å². The van der Waals surface area contributed by atoms with Crippen molar-refractivity contribution in [1.82, 2.24) is 24.5 Å². The molecule has 6 heteroatoms. The number of benzene rings is 1. The third kappa shape index (κ3) is 2.31. The minimum absolute atomic E-state index is 0.590. The van der Waals surface area contributed by atoms with Gasteiger partial charge in [0.2, 0.25) is 0 Å². The summed E-state index contributed by atoms with van der Waals surface area (Å²) in [7, 11) is 2.16. The molecular weight excluding hydrogens is 276 g/mol. The number of fused-ring (bicyclic) bond motifs is 1. The molecule has 1 N–H and O–H groups in total. The van der Waals surface area contributed by atoms with E-state index < -0.39 is 0 Å². The average molecular weight is 294 g/mol. The van der Waals surface area contributed by atoms with E-state index in [1.54, 1.807) is 4.52 Å². The fraction of sp³-hybridized carbons (Fsp3) is 0.312. The summed E-state index contributed by atoms with van der Waals surface area (Å²) < 4.78 is 1.76. The molecular formula is C16H18N6. The van der Waals surface area contributed by atoms with Crippen molar-refractivity contribution in [2.24, 2.45) is 0 Å². The first-order chi connectivity index (χ1) is 10.8. The van der Waals surface area contributed by atoms with Gasteiger partial charge in [-0.25, -0.2) is 4.98 Å². The minimum atomic E-state index is 0.590. The van der Waals surface area contributed by atoms with Crippen LogP contribution in [0.1, 0.15) is 6.42 Å². The lowest BCUT2D eigenvalue weighted by Crippen LogP contribution is -2.48. The number of aromatic nitrogens is 4. The second-order valence-electron chi connectivity index (χ2n) is 5.67. The molecule has 1 aliphatic heterocycles. The molecule has 112 valence electrons. The molecule has 22 heavy (non-hydrogen) atoms. The van der Waals surface area contributed by atoms with Gasteiger partial charge >= 0.3 is 0 Å². The Morgan fingerprint density at radius 3 is 2.86 bits per heavy atom. The summed E-state index contributed by atoms with van der Waals surface area (Å²) in [4.78, 5) is 11.2. The molecule has 1 fully saturated rings. The van der Waals surface area contributed by atoms with Crippen molar-refractivity contribution >= 4 is 11.6 Å². The number of hydrogen-bond acceptors (Lipinski definition) is 5. The van der Waals surface area contributed by atoms with Crippen LogP contribution in [0.15, 0.2) is 42.7 Å². The van der Waals surface area contributed by atoms with Gasteiger partial charge in [0, 0.05) is 24.2 Å². The van der Waals surface area contributed by atoms with E-state index in [1.807, 2.05) is 24.3 Å². The zero-order valence-corrected chi connectivity index (χ0v) is 12.5. The predicted molar refractivity (Wildman–Crippen MR) is 85.7 cm³/mol. The Labute approximate surface area is 128 Å². The van der Waals surface area contributed by atoms with Crippen molar-refractivity contribution < 1.29 is 0 Å². The fourth-order valence-corrected chi connectivity index (χ4v) is 2.75. The zero-order valence-electron chi connectivity index (χ0n) is 12.5. The van der Waals surface area contributed by atoms with Gasteiger partial charge in [-0.3, -0.25) is 0 Å². The van der Waals surface area contributed by atoms with E-state index in [0.29, 0.717) is 11.8 Å². The van der Waals surface area contributed by atoms with Gasteiger partial charge in [0.05, 0.1) is 5.69 Å². The van der Waals surface area contributed by atoms with Gasteiger partial charge < -0.3 is 10.2 Å². The molecule has 0 amide bonds. The van der Waals surface area contributed by atoms with Crippen molar-refractivity contribution in [1.29, 1.82) is 0 Å². The maximum absolute atomic E-state index is 4.58. The molecule has 3 heterocycles. The number of nitrogens with zero attached hydrogens (tertiary/aromatic N) is 5. The number of rotatable bonds is 4. The second kappa shape index (κ2) is 5.38. The number of anilines is 1. The molecule has 1 aliphatic rings. The van der Waals surface area contributed by atoms with E-state index in [0.717, 1.165) is 23.6 Å². The zero-order chi connectivity index (χ0) is 14.9. The smallest absolute Gasteiger partial charge is 0.254 e. The normalized spacial score (nSPS) is 18.3. The summed E-state index contributed by atoms with van der Waals surface area (Å²) in [5.41, 5.74) is 1.99. The number of nitrogens with one attached hydrogen (secondary N) is 1. The molecule has 1 atom stereocenters. The fourth-order valence-electron chi connectivity index (χ4n) is 2.75. The van der Waals surface area contributed by atoms with Crippen LogP contribution in [0.2, 0.25) is 0 Å². The summed E-state index contributed by atoms with van der Waals surface area (Å²) in [5.74, 6) is 1.55. The lowest BCUT2D eigenvalue weighted by Gasteiger charge is -2.38. The second-order valence-corrected chi connectivity index (χ2v) is 5.67. The summed E-state index contributed by atoms with van der Waals surface area (Å²) in [6.07, 6.45) is 2.78. The Bertz CT molecular complexity index is 782. The summed E-state index contributed by atoms with van der Waals surface area (Å²) in [6.45, 7) is 2.08. The van der Waals surface area contributed by atoms with E-state index in [9.17, 15) is 0 Å². The number of hydrogen-bond donors (Lipinski definition) is 1. The van der Waals surface area contributed by atoms with Gasteiger partial charge in [-0.05, 0) is 20.0 Å². The Hall–Kier alpha value is -2.47. The third-order valence-corrected chi connectivity index (χ3v) is 4.28. The lowest BCUT2D eigenvalue weighted by molar-refractivity contribution is 0.137. The Morgan fingerprint density at radius 1 is 1.27 bits per heavy atom. The highest BCUT2D eigenvalue weighted by molar-refractivity contribution is 5.65. The molecule has 0 saturated carbocycles. The minimum Gasteiger partial charge on any atom is -0.368 e. The summed E-state index contributed by atoms with van der Waals surface area (Å²) in [6, 6.07) is 12.8. The lowest BCUT2D eigenvalue weighted by atomic mass is 10.1. The van der Waals surface area contributed by atoms with Gasteiger partial charge in [0.1, 0.15) is 12.1 Å².